The number of aryl methyl sites for hydroxylation is 1. The number of benzene rings is 1. The standard InChI is InChI=1S/C22H23B2N7O/c1-12-30-20(23)18(21(24)31-12)16-10-17(29-11-28-16)26-8-6-13-4-3-5-14-15(22(32)25-2)7-9-27-19(13)14/h3-5,7,9-11H,6,8,23-24H2,1-2H3,(H,25,32)(H,26,28,29). The van der Waals surface area contributed by atoms with Crippen LogP contribution in [0.25, 0.3) is 22.2 Å². The minimum atomic E-state index is -0.119. The summed E-state index contributed by atoms with van der Waals surface area (Å²) in [5.74, 6) is 1.36. The lowest BCUT2D eigenvalue weighted by atomic mass is 9.87. The summed E-state index contributed by atoms with van der Waals surface area (Å²) < 4.78 is 0. The summed E-state index contributed by atoms with van der Waals surface area (Å²) in [6.07, 6.45) is 3.95. The lowest BCUT2D eigenvalue weighted by Crippen LogP contribution is -2.27. The molecule has 0 saturated carbocycles. The molecule has 0 spiro atoms. The molecule has 1 aromatic carbocycles. The molecule has 0 aliphatic rings. The summed E-state index contributed by atoms with van der Waals surface area (Å²) >= 11 is 0. The number of para-hydroxylation sites is 1. The number of amides is 1. The molecule has 3 heterocycles. The van der Waals surface area contributed by atoms with Crippen LogP contribution in [0.5, 0.6) is 0 Å². The van der Waals surface area contributed by atoms with Crippen molar-refractivity contribution in [2.24, 2.45) is 0 Å². The maximum Gasteiger partial charge on any atom is 0.251 e. The first kappa shape index (κ1) is 21.4. The van der Waals surface area contributed by atoms with E-state index in [1.54, 1.807) is 25.6 Å². The maximum atomic E-state index is 12.2. The third kappa shape index (κ3) is 4.30. The fourth-order valence-corrected chi connectivity index (χ4v) is 3.94. The second-order valence-corrected chi connectivity index (χ2v) is 7.53. The SMILES string of the molecule is Bc1nc(C)nc(B)c1-c1cc(NCCc2cccc3c(C(=O)NC)ccnc23)ncn1. The van der Waals surface area contributed by atoms with E-state index in [9.17, 15) is 4.79 Å². The third-order valence-electron chi connectivity index (χ3n) is 5.33. The van der Waals surface area contributed by atoms with Crippen LogP contribution in [-0.2, 0) is 6.42 Å². The van der Waals surface area contributed by atoms with Crippen LogP contribution < -0.4 is 21.8 Å². The fraction of sp³-hybridized carbons (Fsp3) is 0.182. The number of nitrogens with one attached hydrogen (secondary N) is 2. The summed E-state index contributed by atoms with van der Waals surface area (Å²) in [6, 6.07) is 9.57. The van der Waals surface area contributed by atoms with Gasteiger partial charge in [-0.3, -0.25) is 9.78 Å². The molecule has 158 valence electrons. The van der Waals surface area contributed by atoms with Gasteiger partial charge in [0.15, 0.2) is 15.7 Å². The predicted molar refractivity (Wildman–Crippen MR) is 131 cm³/mol. The van der Waals surface area contributed by atoms with Crippen molar-refractivity contribution in [2.75, 3.05) is 18.9 Å². The Labute approximate surface area is 188 Å². The van der Waals surface area contributed by atoms with E-state index in [1.807, 2.05) is 46.9 Å². The second-order valence-electron chi connectivity index (χ2n) is 7.53. The van der Waals surface area contributed by atoms with E-state index in [0.717, 1.165) is 57.0 Å². The van der Waals surface area contributed by atoms with Gasteiger partial charge in [-0.15, -0.1) is 0 Å². The Balaban J connectivity index is 1.53. The van der Waals surface area contributed by atoms with Crippen LogP contribution in [0.4, 0.5) is 5.82 Å². The molecular formula is C22H23B2N7O. The number of carbonyl (C=O) groups excluding carboxylic acids is 1. The molecule has 2 N–H and O–H groups in total. The molecule has 0 atom stereocenters. The molecule has 0 fully saturated rings. The van der Waals surface area contributed by atoms with Gasteiger partial charge in [0.2, 0.25) is 0 Å². The zero-order valence-electron chi connectivity index (χ0n) is 18.6. The van der Waals surface area contributed by atoms with Crippen LogP contribution in [0.2, 0.25) is 0 Å². The van der Waals surface area contributed by atoms with E-state index in [2.05, 4.69) is 35.6 Å². The Bertz CT molecular complexity index is 1290. The summed E-state index contributed by atoms with van der Waals surface area (Å²) in [5, 5.41) is 6.90. The van der Waals surface area contributed by atoms with Gasteiger partial charge in [-0.25, -0.2) is 19.9 Å². The Morgan fingerprint density at radius 3 is 2.59 bits per heavy atom. The van der Waals surface area contributed by atoms with Crippen molar-refractivity contribution in [3.63, 3.8) is 0 Å². The molecule has 10 heteroatoms. The van der Waals surface area contributed by atoms with Crippen LogP contribution in [0, 0.1) is 6.92 Å². The Hall–Kier alpha value is -3.81. The highest BCUT2D eigenvalue weighted by Gasteiger charge is 2.13. The van der Waals surface area contributed by atoms with Gasteiger partial charge in [-0.2, -0.15) is 0 Å². The lowest BCUT2D eigenvalue weighted by molar-refractivity contribution is 0.0964. The molecule has 8 nitrogen and oxygen atoms in total. The molecule has 0 aliphatic carbocycles. The first-order valence-corrected chi connectivity index (χ1v) is 10.4. The van der Waals surface area contributed by atoms with Gasteiger partial charge in [0.05, 0.1) is 16.8 Å². The van der Waals surface area contributed by atoms with Crippen molar-refractivity contribution < 1.29 is 4.79 Å². The molecule has 3 aromatic heterocycles. The molecule has 0 bridgehead atoms. The first-order chi connectivity index (χ1) is 15.5. The molecule has 0 aliphatic heterocycles. The zero-order chi connectivity index (χ0) is 22.7. The third-order valence-corrected chi connectivity index (χ3v) is 5.33. The highest BCUT2D eigenvalue weighted by atomic mass is 16.1. The summed E-state index contributed by atoms with van der Waals surface area (Å²) in [4.78, 5) is 34.4. The average molecular weight is 423 g/mol. The van der Waals surface area contributed by atoms with Crippen molar-refractivity contribution in [1.29, 1.82) is 0 Å². The number of fused-ring (bicyclic) bond motifs is 1. The van der Waals surface area contributed by atoms with Gasteiger partial charge < -0.3 is 10.6 Å². The largest absolute Gasteiger partial charge is 0.370 e. The van der Waals surface area contributed by atoms with Gasteiger partial charge in [0, 0.05) is 48.0 Å². The number of anilines is 1. The van der Waals surface area contributed by atoms with Crippen LogP contribution in [0.1, 0.15) is 21.7 Å². The fourth-order valence-electron chi connectivity index (χ4n) is 3.94. The molecule has 0 saturated heterocycles. The highest BCUT2D eigenvalue weighted by molar-refractivity contribution is 6.41. The molecule has 1 amide bonds. The van der Waals surface area contributed by atoms with Crippen molar-refractivity contribution in [2.45, 2.75) is 13.3 Å². The van der Waals surface area contributed by atoms with Crippen LogP contribution in [0.3, 0.4) is 0 Å². The van der Waals surface area contributed by atoms with E-state index in [-0.39, 0.29) is 5.91 Å². The molecule has 0 radical (unpaired) electrons. The van der Waals surface area contributed by atoms with Crippen molar-refractivity contribution in [3.8, 4) is 11.3 Å². The number of pyridine rings is 1. The van der Waals surface area contributed by atoms with E-state index < -0.39 is 0 Å². The van der Waals surface area contributed by atoms with Crippen molar-refractivity contribution >= 4 is 49.5 Å². The van der Waals surface area contributed by atoms with E-state index in [0.29, 0.717) is 12.1 Å². The van der Waals surface area contributed by atoms with E-state index in [4.69, 9.17) is 0 Å². The van der Waals surface area contributed by atoms with Gasteiger partial charge in [0.25, 0.3) is 5.91 Å². The van der Waals surface area contributed by atoms with E-state index >= 15 is 0 Å². The van der Waals surface area contributed by atoms with Gasteiger partial charge >= 0.3 is 0 Å². The quantitative estimate of drug-likeness (QED) is 0.396. The number of carbonyl (C=O) groups is 1. The predicted octanol–water partition coefficient (Wildman–Crippen LogP) is -0.679. The molecule has 0 unspecified atom stereocenters. The van der Waals surface area contributed by atoms with Gasteiger partial charge in [0.1, 0.15) is 18.0 Å². The maximum absolute atomic E-state index is 12.2. The first-order valence-electron chi connectivity index (χ1n) is 10.4. The Kier molecular flexibility index (Phi) is 6.11. The van der Waals surface area contributed by atoms with E-state index in [1.165, 1.54) is 0 Å². The molecule has 4 rings (SSSR count). The highest BCUT2D eigenvalue weighted by Crippen LogP contribution is 2.21. The Morgan fingerprint density at radius 2 is 1.84 bits per heavy atom. The number of hydrogen-bond acceptors (Lipinski definition) is 7. The van der Waals surface area contributed by atoms with Crippen LogP contribution >= 0.6 is 0 Å². The topological polar surface area (TPSA) is 106 Å². The smallest absolute Gasteiger partial charge is 0.251 e. The summed E-state index contributed by atoms with van der Waals surface area (Å²) in [7, 11) is 5.56. The minimum Gasteiger partial charge on any atom is -0.370 e. The second kappa shape index (κ2) is 9.13. The van der Waals surface area contributed by atoms with Crippen LogP contribution in [0.15, 0.2) is 42.9 Å². The lowest BCUT2D eigenvalue weighted by Gasteiger charge is -2.12. The number of hydrogen-bond donors (Lipinski definition) is 2. The summed E-state index contributed by atoms with van der Waals surface area (Å²) in [6.45, 7) is 2.54. The number of aromatic nitrogens is 5. The van der Waals surface area contributed by atoms with Crippen molar-refractivity contribution in [3.05, 3.63) is 59.8 Å². The van der Waals surface area contributed by atoms with Gasteiger partial charge in [-0.1, -0.05) is 18.2 Å². The molecule has 4 aromatic rings. The molecule has 32 heavy (non-hydrogen) atoms. The minimum absolute atomic E-state index is 0.119. The average Bonchev–Trinajstić information content (AvgIpc) is 2.78. The number of nitrogens with zero attached hydrogens (tertiary/aromatic N) is 5. The zero-order valence-corrected chi connectivity index (χ0v) is 18.6. The molecular weight excluding hydrogens is 400 g/mol. The Morgan fingerprint density at radius 1 is 1.06 bits per heavy atom. The number of rotatable bonds is 6. The van der Waals surface area contributed by atoms with Crippen molar-refractivity contribution in [1.82, 2.24) is 30.2 Å². The summed E-state index contributed by atoms with van der Waals surface area (Å²) in [5.41, 5.74) is 6.04. The van der Waals surface area contributed by atoms with Crippen LogP contribution in [-0.4, -0.2) is 60.1 Å². The normalized spacial score (nSPS) is 10.8. The monoisotopic (exact) mass is 423 g/mol. The van der Waals surface area contributed by atoms with Gasteiger partial charge in [-0.05, 0) is 25.0 Å².